The smallest absolute Gasteiger partial charge is 0.0205 e. The predicted molar refractivity (Wildman–Crippen MR) is 93.5 cm³/mol. The molecule has 1 N–H and O–H groups in total. The second-order valence-electron chi connectivity index (χ2n) is 5.28. The van der Waals surface area contributed by atoms with Crippen molar-refractivity contribution in [1.29, 1.82) is 0 Å². The molecule has 0 amide bonds. The maximum absolute atomic E-state index is 3.53. The van der Waals surface area contributed by atoms with E-state index in [4.69, 9.17) is 0 Å². The molecule has 0 radical (unpaired) electrons. The van der Waals surface area contributed by atoms with E-state index in [0.29, 0.717) is 0 Å². The molecule has 0 saturated carbocycles. The zero-order valence-corrected chi connectivity index (χ0v) is 14.4. The van der Waals surface area contributed by atoms with Crippen LogP contribution in [0.15, 0.2) is 24.3 Å². The first-order valence-corrected chi connectivity index (χ1v) is 8.86. The van der Waals surface area contributed by atoms with Gasteiger partial charge >= 0.3 is 0 Å². The number of benzene rings is 1. The third kappa shape index (κ3) is 9.44. The molecule has 19 heavy (non-hydrogen) atoms. The summed E-state index contributed by atoms with van der Waals surface area (Å²) in [6.07, 6.45) is 11.2. The van der Waals surface area contributed by atoms with E-state index in [1.807, 2.05) is 0 Å². The first-order valence-electron chi connectivity index (χ1n) is 7.78. The highest BCUT2D eigenvalue weighted by Gasteiger charge is 1.94. The minimum Gasteiger partial charge on any atom is -0.313 e. The average Bonchev–Trinajstić information content (AvgIpc) is 2.43. The van der Waals surface area contributed by atoms with Gasteiger partial charge in [0.1, 0.15) is 0 Å². The van der Waals surface area contributed by atoms with Gasteiger partial charge in [0, 0.05) is 10.1 Å². The maximum Gasteiger partial charge on any atom is 0.0205 e. The third-order valence-electron chi connectivity index (χ3n) is 3.45. The first-order chi connectivity index (χ1) is 9.33. The van der Waals surface area contributed by atoms with Crippen molar-refractivity contribution < 1.29 is 0 Å². The molecule has 0 unspecified atom stereocenters. The lowest BCUT2D eigenvalue weighted by Crippen LogP contribution is -2.14. The average molecular weight is 373 g/mol. The Bertz CT molecular complexity index is 308. The van der Waals surface area contributed by atoms with E-state index in [2.05, 4.69) is 59.1 Å². The second-order valence-corrected chi connectivity index (χ2v) is 6.52. The molecule has 1 nitrogen and oxygen atoms in total. The Morgan fingerprint density at radius 1 is 0.842 bits per heavy atom. The summed E-state index contributed by atoms with van der Waals surface area (Å²) < 4.78 is 1.31. The minimum atomic E-state index is 1.01. The number of unbranched alkanes of at least 4 members (excludes halogenated alkanes) is 7. The van der Waals surface area contributed by atoms with Crippen LogP contribution in [0.5, 0.6) is 0 Å². The van der Waals surface area contributed by atoms with Crippen LogP contribution in [0, 0.1) is 3.57 Å². The van der Waals surface area contributed by atoms with Crippen molar-refractivity contribution in [3.05, 3.63) is 33.4 Å². The molecule has 0 spiro atoms. The van der Waals surface area contributed by atoms with Crippen molar-refractivity contribution in [3.8, 4) is 0 Å². The van der Waals surface area contributed by atoms with Gasteiger partial charge in [0.25, 0.3) is 0 Å². The topological polar surface area (TPSA) is 12.0 Å². The Morgan fingerprint density at radius 3 is 2.05 bits per heavy atom. The zero-order valence-electron chi connectivity index (χ0n) is 12.3. The fraction of sp³-hybridized carbons (Fsp3) is 0.647. The molecule has 1 aromatic carbocycles. The Hall–Kier alpha value is -0.0900. The van der Waals surface area contributed by atoms with Crippen LogP contribution in [0.4, 0.5) is 0 Å². The molecular weight excluding hydrogens is 345 g/mol. The Morgan fingerprint density at radius 2 is 1.42 bits per heavy atom. The molecular formula is C17H28IN. The van der Waals surface area contributed by atoms with Crippen molar-refractivity contribution in [1.82, 2.24) is 5.32 Å². The number of hydrogen-bond donors (Lipinski definition) is 1. The summed E-state index contributed by atoms with van der Waals surface area (Å²) in [6, 6.07) is 8.77. The van der Waals surface area contributed by atoms with Crippen molar-refractivity contribution in [2.24, 2.45) is 0 Å². The Balaban J connectivity index is 1.87. The van der Waals surface area contributed by atoms with E-state index < -0.39 is 0 Å². The van der Waals surface area contributed by atoms with Crippen LogP contribution in [-0.2, 0) is 6.54 Å². The molecule has 2 heteroatoms. The van der Waals surface area contributed by atoms with Gasteiger partial charge in [0.05, 0.1) is 0 Å². The molecule has 0 bridgehead atoms. The van der Waals surface area contributed by atoms with E-state index in [0.717, 1.165) is 13.1 Å². The summed E-state index contributed by atoms with van der Waals surface area (Å²) in [5, 5.41) is 3.53. The van der Waals surface area contributed by atoms with Gasteiger partial charge in [-0.15, -0.1) is 0 Å². The Kier molecular flexibility index (Phi) is 10.5. The molecule has 0 atom stereocenters. The molecule has 0 heterocycles. The van der Waals surface area contributed by atoms with Gasteiger partial charge in [-0.25, -0.2) is 0 Å². The summed E-state index contributed by atoms with van der Waals surface area (Å²) in [4.78, 5) is 0. The monoisotopic (exact) mass is 373 g/mol. The molecule has 0 aliphatic rings. The van der Waals surface area contributed by atoms with Crippen LogP contribution >= 0.6 is 22.6 Å². The first kappa shape index (κ1) is 17.0. The molecule has 1 rings (SSSR count). The summed E-state index contributed by atoms with van der Waals surface area (Å²) in [6.45, 7) is 4.44. The van der Waals surface area contributed by atoms with Gasteiger partial charge in [0.15, 0.2) is 0 Å². The largest absolute Gasteiger partial charge is 0.313 e. The van der Waals surface area contributed by atoms with Crippen molar-refractivity contribution in [2.45, 2.75) is 64.8 Å². The molecule has 0 saturated heterocycles. The Labute approximate surface area is 132 Å². The van der Waals surface area contributed by atoms with Crippen LogP contribution < -0.4 is 5.32 Å². The summed E-state index contributed by atoms with van der Waals surface area (Å²) in [7, 11) is 0. The highest BCUT2D eigenvalue weighted by Crippen LogP contribution is 2.08. The highest BCUT2D eigenvalue weighted by atomic mass is 127. The lowest BCUT2D eigenvalue weighted by molar-refractivity contribution is 0.555. The molecule has 1 aromatic rings. The third-order valence-corrected chi connectivity index (χ3v) is 4.17. The van der Waals surface area contributed by atoms with Crippen LogP contribution in [0.25, 0.3) is 0 Å². The van der Waals surface area contributed by atoms with E-state index >= 15 is 0 Å². The van der Waals surface area contributed by atoms with E-state index in [1.54, 1.807) is 0 Å². The van der Waals surface area contributed by atoms with Crippen LogP contribution in [0.1, 0.15) is 63.9 Å². The van der Waals surface area contributed by atoms with Crippen LogP contribution in [0.3, 0.4) is 0 Å². The van der Waals surface area contributed by atoms with Gasteiger partial charge in [-0.1, -0.05) is 64.0 Å². The van der Waals surface area contributed by atoms with Gasteiger partial charge in [-0.3, -0.25) is 0 Å². The second kappa shape index (κ2) is 11.7. The highest BCUT2D eigenvalue weighted by molar-refractivity contribution is 14.1. The van der Waals surface area contributed by atoms with E-state index in [9.17, 15) is 0 Å². The minimum absolute atomic E-state index is 1.01. The lowest BCUT2D eigenvalue weighted by atomic mass is 10.1. The number of halogens is 1. The normalized spacial score (nSPS) is 10.8. The molecule has 0 aliphatic carbocycles. The molecule has 0 fully saturated rings. The van der Waals surface area contributed by atoms with Gasteiger partial charge in [-0.2, -0.15) is 0 Å². The standard InChI is InChI=1S/C17H28IN/c1-2-3-4-5-6-7-8-9-14-19-15-16-10-12-17(18)13-11-16/h10-13,19H,2-9,14-15H2,1H3. The van der Waals surface area contributed by atoms with Gasteiger partial charge < -0.3 is 5.32 Å². The van der Waals surface area contributed by atoms with Gasteiger partial charge in [0.2, 0.25) is 0 Å². The van der Waals surface area contributed by atoms with Crippen molar-refractivity contribution in [2.75, 3.05) is 6.54 Å². The summed E-state index contributed by atoms with van der Waals surface area (Å²) in [5.74, 6) is 0. The van der Waals surface area contributed by atoms with Crippen LogP contribution in [-0.4, -0.2) is 6.54 Å². The fourth-order valence-corrected chi connectivity index (χ4v) is 2.58. The van der Waals surface area contributed by atoms with Gasteiger partial charge in [-0.05, 0) is 53.3 Å². The molecule has 0 aromatic heterocycles. The molecule has 0 aliphatic heterocycles. The summed E-state index contributed by atoms with van der Waals surface area (Å²) >= 11 is 2.35. The predicted octanol–water partition coefficient (Wildman–Crippen LogP) is 5.52. The quantitative estimate of drug-likeness (QED) is 0.398. The molecule has 108 valence electrons. The number of nitrogens with one attached hydrogen (secondary N) is 1. The van der Waals surface area contributed by atoms with Crippen LogP contribution in [0.2, 0.25) is 0 Å². The fourth-order valence-electron chi connectivity index (χ4n) is 2.22. The number of rotatable bonds is 11. The van der Waals surface area contributed by atoms with Crippen molar-refractivity contribution >= 4 is 22.6 Å². The number of hydrogen-bond acceptors (Lipinski definition) is 1. The van der Waals surface area contributed by atoms with E-state index in [-0.39, 0.29) is 0 Å². The SMILES string of the molecule is CCCCCCCCCCNCc1ccc(I)cc1. The van der Waals surface area contributed by atoms with Crippen molar-refractivity contribution in [3.63, 3.8) is 0 Å². The maximum atomic E-state index is 3.53. The zero-order chi connectivity index (χ0) is 13.8. The lowest BCUT2D eigenvalue weighted by Gasteiger charge is -2.05. The summed E-state index contributed by atoms with van der Waals surface area (Å²) in [5.41, 5.74) is 1.39. The van der Waals surface area contributed by atoms with E-state index in [1.165, 1.54) is 60.5 Å².